The van der Waals surface area contributed by atoms with Crippen molar-refractivity contribution < 1.29 is 14.6 Å². The van der Waals surface area contributed by atoms with Crippen molar-refractivity contribution in [1.82, 2.24) is 5.32 Å². The Morgan fingerprint density at radius 2 is 1.67 bits per heavy atom. The molecule has 0 saturated carbocycles. The number of nitrogens with one attached hydrogen (secondary N) is 1. The molecule has 0 aliphatic heterocycles. The zero-order valence-electron chi connectivity index (χ0n) is 12.6. The van der Waals surface area contributed by atoms with Crippen LogP contribution in [0.3, 0.4) is 0 Å². The number of phenols is 1. The lowest BCUT2D eigenvalue weighted by atomic mass is 10.1. The van der Waals surface area contributed by atoms with Crippen LogP contribution in [0.25, 0.3) is 0 Å². The van der Waals surface area contributed by atoms with Crippen molar-refractivity contribution in [1.29, 1.82) is 0 Å². The molecule has 0 amide bonds. The molecule has 0 aliphatic carbocycles. The fourth-order valence-electron chi connectivity index (χ4n) is 2.14. The number of rotatable bonds is 6. The second-order valence-electron chi connectivity index (χ2n) is 4.88. The summed E-state index contributed by atoms with van der Waals surface area (Å²) in [6.45, 7) is 2.82. The summed E-state index contributed by atoms with van der Waals surface area (Å²) in [5.74, 6) is 1.74. The molecular weight excluding hydrogens is 266 g/mol. The monoisotopic (exact) mass is 287 g/mol. The van der Waals surface area contributed by atoms with Gasteiger partial charge in [0.15, 0.2) is 11.5 Å². The van der Waals surface area contributed by atoms with E-state index in [-0.39, 0.29) is 11.8 Å². The molecule has 0 spiro atoms. The van der Waals surface area contributed by atoms with Gasteiger partial charge in [0.05, 0.1) is 14.2 Å². The summed E-state index contributed by atoms with van der Waals surface area (Å²) in [5, 5.41) is 12.8. The largest absolute Gasteiger partial charge is 0.508 e. The molecule has 0 heterocycles. The van der Waals surface area contributed by atoms with Gasteiger partial charge in [-0.15, -0.1) is 0 Å². The summed E-state index contributed by atoms with van der Waals surface area (Å²) in [6.07, 6.45) is 0. The van der Waals surface area contributed by atoms with Crippen molar-refractivity contribution in [3.8, 4) is 17.2 Å². The average Bonchev–Trinajstić information content (AvgIpc) is 2.52. The van der Waals surface area contributed by atoms with Gasteiger partial charge >= 0.3 is 0 Å². The number of ether oxygens (including phenoxy) is 2. The predicted molar refractivity (Wildman–Crippen MR) is 82.9 cm³/mol. The highest BCUT2D eigenvalue weighted by atomic mass is 16.5. The molecule has 0 bridgehead atoms. The number of phenolic OH excluding ortho intramolecular Hbond substituents is 1. The average molecular weight is 287 g/mol. The van der Waals surface area contributed by atoms with E-state index >= 15 is 0 Å². The number of aromatic hydroxyl groups is 1. The van der Waals surface area contributed by atoms with E-state index in [1.807, 2.05) is 30.3 Å². The Kier molecular flexibility index (Phi) is 5.06. The van der Waals surface area contributed by atoms with Gasteiger partial charge < -0.3 is 19.9 Å². The zero-order chi connectivity index (χ0) is 15.2. The first-order valence-electron chi connectivity index (χ1n) is 6.87. The Hall–Kier alpha value is -2.20. The second-order valence-corrected chi connectivity index (χ2v) is 4.88. The summed E-state index contributed by atoms with van der Waals surface area (Å²) >= 11 is 0. The Bertz CT molecular complexity index is 581. The fraction of sp³-hybridized carbons (Fsp3) is 0.294. The van der Waals surface area contributed by atoms with E-state index in [4.69, 9.17) is 9.47 Å². The first-order valence-corrected chi connectivity index (χ1v) is 6.87. The van der Waals surface area contributed by atoms with Gasteiger partial charge in [-0.3, -0.25) is 0 Å². The quantitative estimate of drug-likeness (QED) is 0.856. The van der Waals surface area contributed by atoms with Crippen LogP contribution in [0.15, 0.2) is 42.5 Å². The maximum atomic E-state index is 9.31. The Labute approximate surface area is 125 Å². The highest BCUT2D eigenvalue weighted by molar-refractivity contribution is 5.42. The first kappa shape index (κ1) is 15.2. The van der Waals surface area contributed by atoms with Gasteiger partial charge in [-0.1, -0.05) is 18.2 Å². The standard InChI is InChI=1S/C17H21NO3/c1-12(14-5-7-15(19)8-6-14)18-11-13-4-9-16(20-2)17(10-13)21-3/h4-10,12,18-19H,11H2,1-3H3. The maximum Gasteiger partial charge on any atom is 0.161 e. The van der Waals surface area contributed by atoms with Gasteiger partial charge in [-0.2, -0.15) is 0 Å². The molecule has 4 nitrogen and oxygen atoms in total. The minimum absolute atomic E-state index is 0.193. The van der Waals surface area contributed by atoms with E-state index in [1.54, 1.807) is 26.4 Å². The molecule has 21 heavy (non-hydrogen) atoms. The first-order chi connectivity index (χ1) is 10.1. The molecule has 2 aromatic carbocycles. The molecule has 0 fully saturated rings. The molecule has 2 rings (SSSR count). The third-order valence-corrected chi connectivity index (χ3v) is 3.45. The summed E-state index contributed by atoms with van der Waals surface area (Å²) < 4.78 is 10.5. The van der Waals surface area contributed by atoms with E-state index in [0.717, 1.165) is 29.2 Å². The molecule has 0 radical (unpaired) electrons. The third-order valence-electron chi connectivity index (χ3n) is 3.45. The van der Waals surface area contributed by atoms with Crippen LogP contribution in [-0.4, -0.2) is 19.3 Å². The maximum absolute atomic E-state index is 9.31. The Morgan fingerprint density at radius 1 is 1.00 bits per heavy atom. The van der Waals surface area contributed by atoms with Gasteiger partial charge in [0.1, 0.15) is 5.75 Å². The second kappa shape index (κ2) is 6.99. The molecular formula is C17H21NO3. The van der Waals surface area contributed by atoms with E-state index in [2.05, 4.69) is 12.2 Å². The van der Waals surface area contributed by atoms with Crippen molar-refractivity contribution in [2.75, 3.05) is 14.2 Å². The lowest BCUT2D eigenvalue weighted by molar-refractivity contribution is 0.354. The van der Waals surface area contributed by atoms with E-state index in [0.29, 0.717) is 0 Å². The highest BCUT2D eigenvalue weighted by Gasteiger charge is 2.07. The van der Waals surface area contributed by atoms with E-state index in [1.165, 1.54) is 0 Å². The molecule has 0 aromatic heterocycles. The zero-order valence-corrected chi connectivity index (χ0v) is 12.6. The molecule has 0 saturated heterocycles. The summed E-state index contributed by atoms with van der Waals surface area (Å²) in [5.41, 5.74) is 2.26. The van der Waals surface area contributed by atoms with Crippen molar-refractivity contribution in [2.45, 2.75) is 19.5 Å². The van der Waals surface area contributed by atoms with Crippen molar-refractivity contribution in [3.05, 3.63) is 53.6 Å². The van der Waals surface area contributed by atoms with Crippen LogP contribution in [-0.2, 0) is 6.54 Å². The minimum Gasteiger partial charge on any atom is -0.508 e. The van der Waals surface area contributed by atoms with E-state index in [9.17, 15) is 5.11 Å². The van der Waals surface area contributed by atoms with Gasteiger partial charge in [-0.25, -0.2) is 0 Å². The van der Waals surface area contributed by atoms with E-state index < -0.39 is 0 Å². The lowest BCUT2D eigenvalue weighted by Gasteiger charge is -2.15. The smallest absolute Gasteiger partial charge is 0.161 e. The molecule has 1 atom stereocenters. The Morgan fingerprint density at radius 3 is 2.29 bits per heavy atom. The topological polar surface area (TPSA) is 50.7 Å². The minimum atomic E-state index is 0.193. The Balaban J connectivity index is 2.00. The normalized spacial score (nSPS) is 12.0. The van der Waals surface area contributed by atoms with Crippen LogP contribution in [0, 0.1) is 0 Å². The molecule has 1 unspecified atom stereocenters. The number of methoxy groups -OCH3 is 2. The van der Waals surface area contributed by atoms with Gasteiger partial charge in [0.2, 0.25) is 0 Å². The van der Waals surface area contributed by atoms with Crippen LogP contribution >= 0.6 is 0 Å². The van der Waals surface area contributed by atoms with Crippen LogP contribution in [0.1, 0.15) is 24.1 Å². The highest BCUT2D eigenvalue weighted by Crippen LogP contribution is 2.27. The molecule has 0 aliphatic rings. The van der Waals surface area contributed by atoms with Crippen molar-refractivity contribution >= 4 is 0 Å². The van der Waals surface area contributed by atoms with Crippen LogP contribution < -0.4 is 14.8 Å². The number of hydrogen-bond donors (Lipinski definition) is 2. The summed E-state index contributed by atoms with van der Waals surface area (Å²) in [7, 11) is 3.26. The van der Waals surface area contributed by atoms with Crippen LogP contribution in [0.4, 0.5) is 0 Å². The van der Waals surface area contributed by atoms with Gasteiger partial charge in [-0.05, 0) is 42.3 Å². The molecule has 112 valence electrons. The lowest BCUT2D eigenvalue weighted by Crippen LogP contribution is -2.18. The number of benzene rings is 2. The van der Waals surface area contributed by atoms with Gasteiger partial charge in [0, 0.05) is 12.6 Å². The molecule has 4 heteroatoms. The van der Waals surface area contributed by atoms with Gasteiger partial charge in [0.25, 0.3) is 0 Å². The predicted octanol–water partition coefficient (Wildman–Crippen LogP) is 3.26. The third kappa shape index (κ3) is 3.89. The summed E-state index contributed by atoms with van der Waals surface area (Å²) in [4.78, 5) is 0. The SMILES string of the molecule is COc1ccc(CNC(C)c2ccc(O)cc2)cc1OC. The van der Waals surface area contributed by atoms with Crippen molar-refractivity contribution in [2.24, 2.45) is 0 Å². The fourth-order valence-corrected chi connectivity index (χ4v) is 2.14. The molecule has 2 aromatic rings. The van der Waals surface area contributed by atoms with Crippen LogP contribution in [0.5, 0.6) is 17.2 Å². The van der Waals surface area contributed by atoms with Crippen molar-refractivity contribution in [3.63, 3.8) is 0 Å². The van der Waals surface area contributed by atoms with Crippen LogP contribution in [0.2, 0.25) is 0 Å². The summed E-state index contributed by atoms with van der Waals surface area (Å²) in [6, 6.07) is 13.3. The molecule has 2 N–H and O–H groups in total. The number of hydrogen-bond acceptors (Lipinski definition) is 4.